The fourth-order valence-corrected chi connectivity index (χ4v) is 1.52. The highest BCUT2D eigenvalue weighted by molar-refractivity contribution is 5.96. The average molecular weight is 266 g/mol. The van der Waals surface area contributed by atoms with Gasteiger partial charge in [-0.1, -0.05) is 13.8 Å². The molecule has 19 heavy (non-hydrogen) atoms. The van der Waals surface area contributed by atoms with Crippen LogP contribution in [0.4, 0.5) is 0 Å². The molecule has 1 N–H and O–H groups in total. The van der Waals surface area contributed by atoms with Crippen LogP contribution in [0.25, 0.3) is 0 Å². The molecule has 0 radical (unpaired) electrons. The Morgan fingerprint density at radius 3 is 2.95 bits per heavy atom. The summed E-state index contributed by atoms with van der Waals surface area (Å²) < 4.78 is 10.5. The predicted octanol–water partition coefficient (Wildman–Crippen LogP) is 1.88. The van der Waals surface area contributed by atoms with Crippen LogP contribution in [-0.4, -0.2) is 37.8 Å². The minimum absolute atomic E-state index is 0.172. The van der Waals surface area contributed by atoms with Crippen molar-refractivity contribution in [1.29, 1.82) is 0 Å². The molecular formula is C14H22N2O3. The first-order chi connectivity index (χ1) is 9.15. The highest BCUT2D eigenvalue weighted by atomic mass is 16.5. The molecule has 0 spiro atoms. The summed E-state index contributed by atoms with van der Waals surface area (Å²) in [5.41, 5.74) is 0.452. The van der Waals surface area contributed by atoms with Gasteiger partial charge in [0.15, 0.2) is 0 Å². The van der Waals surface area contributed by atoms with Crippen molar-refractivity contribution in [2.45, 2.75) is 20.3 Å². The van der Waals surface area contributed by atoms with E-state index in [-0.39, 0.29) is 5.91 Å². The largest absolute Gasteiger partial charge is 0.480 e. The van der Waals surface area contributed by atoms with E-state index < -0.39 is 0 Å². The lowest BCUT2D eigenvalue weighted by molar-refractivity contribution is 0.0921. The zero-order chi connectivity index (χ0) is 14.1. The number of rotatable bonds is 8. The minimum atomic E-state index is -0.172. The van der Waals surface area contributed by atoms with Crippen LogP contribution in [-0.2, 0) is 4.74 Å². The van der Waals surface area contributed by atoms with Crippen molar-refractivity contribution in [2.24, 2.45) is 5.92 Å². The van der Waals surface area contributed by atoms with E-state index in [9.17, 15) is 4.79 Å². The van der Waals surface area contributed by atoms with Gasteiger partial charge in [-0.3, -0.25) is 4.79 Å². The first-order valence-electron chi connectivity index (χ1n) is 6.50. The summed E-state index contributed by atoms with van der Waals surface area (Å²) >= 11 is 0. The van der Waals surface area contributed by atoms with Gasteiger partial charge >= 0.3 is 0 Å². The Morgan fingerprint density at radius 1 is 1.47 bits per heavy atom. The Kier molecular flexibility index (Phi) is 6.89. The van der Waals surface area contributed by atoms with Crippen molar-refractivity contribution in [2.75, 3.05) is 26.9 Å². The second-order valence-corrected chi connectivity index (χ2v) is 4.64. The summed E-state index contributed by atoms with van der Waals surface area (Å²) in [6.07, 6.45) is 2.39. The van der Waals surface area contributed by atoms with Crippen LogP contribution in [0.1, 0.15) is 30.6 Å². The van der Waals surface area contributed by atoms with Crippen LogP contribution in [0, 0.1) is 5.92 Å². The quantitative estimate of drug-likeness (QED) is 0.730. The number of methoxy groups -OCH3 is 1. The second kappa shape index (κ2) is 8.48. The number of carbonyl (C=O) groups is 1. The topological polar surface area (TPSA) is 60.5 Å². The zero-order valence-corrected chi connectivity index (χ0v) is 11.8. The van der Waals surface area contributed by atoms with Crippen molar-refractivity contribution in [3.05, 3.63) is 23.9 Å². The van der Waals surface area contributed by atoms with Crippen LogP contribution in [0.15, 0.2) is 18.3 Å². The summed E-state index contributed by atoms with van der Waals surface area (Å²) in [6.45, 7) is 6.20. The molecule has 0 fully saturated rings. The Hall–Kier alpha value is -1.62. The highest BCUT2D eigenvalue weighted by Gasteiger charge is 2.11. The molecule has 5 heteroatoms. The molecule has 0 saturated carbocycles. The summed E-state index contributed by atoms with van der Waals surface area (Å²) in [4.78, 5) is 15.9. The van der Waals surface area contributed by atoms with Gasteiger partial charge in [-0.15, -0.1) is 0 Å². The van der Waals surface area contributed by atoms with Crippen LogP contribution in [0.3, 0.4) is 0 Å². The lowest BCUT2D eigenvalue weighted by atomic mass is 10.2. The number of nitrogens with zero attached hydrogens (tertiary/aromatic N) is 1. The molecule has 0 aliphatic heterocycles. The van der Waals surface area contributed by atoms with Crippen LogP contribution >= 0.6 is 0 Å². The highest BCUT2D eigenvalue weighted by Crippen LogP contribution is 2.12. The fraction of sp³-hybridized carbons (Fsp3) is 0.571. The monoisotopic (exact) mass is 266 g/mol. The van der Waals surface area contributed by atoms with Gasteiger partial charge in [0.2, 0.25) is 5.88 Å². The molecule has 0 saturated heterocycles. The normalized spacial score (nSPS) is 10.5. The van der Waals surface area contributed by atoms with Crippen molar-refractivity contribution in [3.8, 4) is 5.88 Å². The summed E-state index contributed by atoms with van der Waals surface area (Å²) in [5, 5.41) is 2.82. The molecule has 1 heterocycles. The van der Waals surface area contributed by atoms with Gasteiger partial charge in [-0.2, -0.15) is 0 Å². The van der Waals surface area contributed by atoms with Gasteiger partial charge in [0.25, 0.3) is 5.91 Å². The number of hydrogen-bond donors (Lipinski definition) is 1. The maximum Gasteiger partial charge on any atom is 0.256 e. The smallest absolute Gasteiger partial charge is 0.256 e. The first-order valence-corrected chi connectivity index (χ1v) is 6.50. The van der Waals surface area contributed by atoms with Crippen LogP contribution in [0.5, 0.6) is 5.88 Å². The molecule has 106 valence electrons. The maximum absolute atomic E-state index is 11.9. The molecule has 1 aromatic heterocycles. The van der Waals surface area contributed by atoms with Gasteiger partial charge in [-0.05, 0) is 24.5 Å². The molecule has 0 unspecified atom stereocenters. The molecule has 1 rings (SSSR count). The molecule has 5 nitrogen and oxygen atoms in total. The van der Waals surface area contributed by atoms with Crippen molar-refractivity contribution in [3.63, 3.8) is 0 Å². The van der Waals surface area contributed by atoms with E-state index in [4.69, 9.17) is 9.47 Å². The van der Waals surface area contributed by atoms with Gasteiger partial charge < -0.3 is 14.8 Å². The van der Waals surface area contributed by atoms with Crippen LogP contribution < -0.4 is 10.1 Å². The van der Waals surface area contributed by atoms with Gasteiger partial charge in [0, 0.05) is 26.0 Å². The van der Waals surface area contributed by atoms with E-state index in [1.807, 2.05) is 0 Å². The molecule has 0 aliphatic rings. The Bertz CT molecular complexity index is 394. The first kappa shape index (κ1) is 15.4. The number of aromatic nitrogens is 1. The Morgan fingerprint density at radius 2 is 2.26 bits per heavy atom. The lowest BCUT2D eigenvalue weighted by Gasteiger charge is -2.09. The van der Waals surface area contributed by atoms with E-state index in [2.05, 4.69) is 24.1 Å². The minimum Gasteiger partial charge on any atom is -0.480 e. The van der Waals surface area contributed by atoms with Crippen LogP contribution in [0.2, 0.25) is 0 Å². The van der Waals surface area contributed by atoms with E-state index in [1.54, 1.807) is 18.3 Å². The number of ether oxygens (including phenoxy) is 2. The molecule has 0 bridgehead atoms. The van der Waals surface area contributed by atoms with Gasteiger partial charge in [0.1, 0.15) is 5.56 Å². The molecular weight excluding hydrogens is 244 g/mol. The lowest BCUT2D eigenvalue weighted by Crippen LogP contribution is -2.26. The number of pyridine rings is 1. The van der Waals surface area contributed by atoms with Crippen molar-refractivity contribution < 1.29 is 14.3 Å². The zero-order valence-electron chi connectivity index (χ0n) is 11.8. The van der Waals surface area contributed by atoms with E-state index >= 15 is 0 Å². The summed E-state index contributed by atoms with van der Waals surface area (Å²) in [6, 6.07) is 3.40. The molecule has 1 amide bonds. The third-order valence-electron chi connectivity index (χ3n) is 2.41. The number of nitrogens with one attached hydrogen (secondary N) is 1. The molecule has 0 aromatic carbocycles. The fourth-order valence-electron chi connectivity index (χ4n) is 1.52. The number of amides is 1. The predicted molar refractivity (Wildman–Crippen MR) is 73.4 cm³/mol. The Labute approximate surface area is 114 Å². The number of carbonyl (C=O) groups excluding carboxylic acids is 1. The van der Waals surface area contributed by atoms with E-state index in [0.29, 0.717) is 30.5 Å². The number of hydrogen-bond acceptors (Lipinski definition) is 4. The van der Waals surface area contributed by atoms with E-state index in [1.165, 1.54) is 7.11 Å². The summed E-state index contributed by atoms with van der Waals surface area (Å²) in [5.74, 6) is 0.708. The molecule has 0 aliphatic carbocycles. The van der Waals surface area contributed by atoms with E-state index in [0.717, 1.165) is 13.0 Å². The molecule has 0 atom stereocenters. The molecule has 1 aromatic rings. The van der Waals surface area contributed by atoms with Gasteiger partial charge in [0.05, 0.1) is 7.11 Å². The Balaban J connectivity index is 2.28. The third kappa shape index (κ3) is 5.70. The van der Waals surface area contributed by atoms with Gasteiger partial charge in [-0.25, -0.2) is 4.98 Å². The van der Waals surface area contributed by atoms with Crippen molar-refractivity contribution in [1.82, 2.24) is 10.3 Å². The standard InChI is InChI=1S/C14H22N2O3/c1-11(2)10-19-9-5-8-15-13(17)12-6-4-7-16-14(12)18-3/h4,6-7,11H,5,8-10H2,1-3H3,(H,15,17). The SMILES string of the molecule is COc1ncccc1C(=O)NCCCOCC(C)C. The van der Waals surface area contributed by atoms with Crippen molar-refractivity contribution >= 4 is 5.91 Å². The third-order valence-corrected chi connectivity index (χ3v) is 2.41. The average Bonchev–Trinajstić information content (AvgIpc) is 2.42. The maximum atomic E-state index is 11.9. The summed E-state index contributed by atoms with van der Waals surface area (Å²) in [7, 11) is 1.50. The second-order valence-electron chi connectivity index (χ2n) is 4.64.